The van der Waals surface area contributed by atoms with E-state index in [4.69, 9.17) is 4.98 Å². The number of anilines is 1. The highest BCUT2D eigenvalue weighted by atomic mass is 32.2. The van der Waals surface area contributed by atoms with Gasteiger partial charge in [0, 0.05) is 66.3 Å². The number of nitriles is 1. The number of hydrogen-bond donors (Lipinski definition) is 0. The van der Waals surface area contributed by atoms with Gasteiger partial charge in [-0.15, -0.1) is 11.8 Å². The van der Waals surface area contributed by atoms with E-state index in [2.05, 4.69) is 62.5 Å². The summed E-state index contributed by atoms with van der Waals surface area (Å²) in [6, 6.07) is 14.0. The largest absolute Gasteiger partial charge is 0.353 e. The molecule has 7 nitrogen and oxygen atoms in total. The van der Waals surface area contributed by atoms with Crippen molar-refractivity contribution in [3.63, 3.8) is 0 Å². The molecule has 7 heterocycles. The molecule has 2 bridgehead atoms. The van der Waals surface area contributed by atoms with Crippen molar-refractivity contribution in [1.29, 1.82) is 5.26 Å². The Morgan fingerprint density at radius 2 is 1.94 bits per heavy atom. The molecule has 7 rings (SSSR count). The van der Waals surface area contributed by atoms with Gasteiger partial charge in [0.15, 0.2) is 0 Å². The summed E-state index contributed by atoms with van der Waals surface area (Å²) < 4.78 is 1.79. The monoisotopic (exact) mass is 467 g/mol. The summed E-state index contributed by atoms with van der Waals surface area (Å²) in [4.78, 5) is 15.6. The normalized spacial score (nSPS) is 19.7. The van der Waals surface area contributed by atoms with E-state index in [1.165, 1.54) is 11.3 Å². The summed E-state index contributed by atoms with van der Waals surface area (Å²) >= 11 is 1.73. The minimum absolute atomic E-state index is 0.545. The Labute approximate surface area is 203 Å². The first-order chi connectivity index (χ1) is 16.6. The van der Waals surface area contributed by atoms with Crippen LogP contribution in [0.1, 0.15) is 23.2 Å². The quantitative estimate of drug-likeness (QED) is 0.408. The van der Waals surface area contributed by atoms with E-state index in [1.807, 2.05) is 25.5 Å². The maximum atomic E-state index is 9.51. The second-order valence-electron chi connectivity index (χ2n) is 9.11. The lowest BCUT2D eigenvalue weighted by atomic mass is 9.87. The summed E-state index contributed by atoms with van der Waals surface area (Å²) in [6.07, 6.45) is 10.8. The number of aromatic nitrogens is 4. The first-order valence-corrected chi connectivity index (χ1v) is 12.7. The molecule has 2 unspecified atom stereocenters. The second kappa shape index (κ2) is 8.42. The maximum absolute atomic E-state index is 9.51. The molecule has 4 aromatic rings. The molecule has 2 atom stereocenters. The lowest BCUT2D eigenvalue weighted by Gasteiger charge is -2.56. The molecule has 0 aliphatic carbocycles. The number of rotatable bonds is 5. The average Bonchev–Trinajstić information content (AvgIpc) is 3.30. The second-order valence-corrected chi connectivity index (χ2v) is 9.99. The molecule has 8 heteroatoms. The van der Waals surface area contributed by atoms with Gasteiger partial charge in [-0.1, -0.05) is 0 Å². The van der Waals surface area contributed by atoms with Crippen LogP contribution >= 0.6 is 11.8 Å². The van der Waals surface area contributed by atoms with E-state index in [1.54, 1.807) is 22.5 Å². The van der Waals surface area contributed by atoms with Gasteiger partial charge in [-0.3, -0.25) is 9.88 Å². The minimum atomic E-state index is 0.545. The van der Waals surface area contributed by atoms with Gasteiger partial charge in [0.2, 0.25) is 0 Å². The third-order valence-electron chi connectivity index (χ3n) is 6.97. The van der Waals surface area contributed by atoms with Gasteiger partial charge < -0.3 is 4.90 Å². The summed E-state index contributed by atoms with van der Waals surface area (Å²) in [6.45, 7) is 4.93. The fraction of sp³-hybridized carbons (Fsp3) is 0.308. The molecule has 3 aliphatic heterocycles. The number of pyridine rings is 3. The van der Waals surface area contributed by atoms with E-state index in [0.717, 1.165) is 53.4 Å². The molecule has 4 aromatic heterocycles. The van der Waals surface area contributed by atoms with Crippen LogP contribution in [0.2, 0.25) is 0 Å². The summed E-state index contributed by atoms with van der Waals surface area (Å²) in [7, 11) is 0. The van der Waals surface area contributed by atoms with Gasteiger partial charge >= 0.3 is 0 Å². The van der Waals surface area contributed by atoms with Gasteiger partial charge in [0.1, 0.15) is 11.9 Å². The highest BCUT2D eigenvalue weighted by Crippen LogP contribution is 2.36. The third kappa shape index (κ3) is 3.61. The van der Waals surface area contributed by atoms with Crippen LogP contribution < -0.4 is 4.90 Å². The van der Waals surface area contributed by atoms with E-state index in [-0.39, 0.29) is 0 Å². The van der Waals surface area contributed by atoms with Crippen LogP contribution in [0, 0.1) is 18.3 Å². The SMILES string of the molecule is CSc1ccc(CN2C3CC2CN(c2ccc(-c4cc(C)cn5ncc(C#N)c45)cn2)C3)nc1. The first-order valence-electron chi connectivity index (χ1n) is 11.5. The Kier molecular flexibility index (Phi) is 5.24. The van der Waals surface area contributed by atoms with Gasteiger partial charge in [-0.05, 0) is 55.5 Å². The van der Waals surface area contributed by atoms with Crippen molar-refractivity contribution >= 4 is 23.1 Å². The summed E-state index contributed by atoms with van der Waals surface area (Å²) in [5, 5.41) is 13.9. The topological polar surface area (TPSA) is 73.3 Å². The lowest BCUT2D eigenvalue weighted by Crippen LogP contribution is -2.68. The van der Waals surface area contributed by atoms with Gasteiger partial charge in [-0.2, -0.15) is 10.4 Å². The van der Waals surface area contributed by atoms with Crippen LogP contribution in [0.15, 0.2) is 60.0 Å². The zero-order valence-electron chi connectivity index (χ0n) is 19.2. The molecule has 3 saturated heterocycles. The minimum Gasteiger partial charge on any atom is -0.353 e. The number of thioether (sulfide) groups is 1. The zero-order valence-corrected chi connectivity index (χ0v) is 20.0. The number of fused-ring (bicyclic) bond motifs is 3. The van der Waals surface area contributed by atoms with Gasteiger partial charge in [-0.25, -0.2) is 9.50 Å². The van der Waals surface area contributed by atoms with Crippen molar-refractivity contribution in [2.45, 2.75) is 36.9 Å². The Morgan fingerprint density at radius 1 is 1.09 bits per heavy atom. The zero-order chi connectivity index (χ0) is 23.2. The summed E-state index contributed by atoms with van der Waals surface area (Å²) in [5.41, 5.74) is 5.63. The van der Waals surface area contributed by atoms with E-state index < -0.39 is 0 Å². The van der Waals surface area contributed by atoms with Crippen molar-refractivity contribution in [3.05, 3.63) is 71.9 Å². The summed E-state index contributed by atoms with van der Waals surface area (Å²) in [5.74, 6) is 1.01. The van der Waals surface area contributed by atoms with Crippen LogP contribution in [0.3, 0.4) is 0 Å². The van der Waals surface area contributed by atoms with Crippen molar-refractivity contribution in [2.24, 2.45) is 0 Å². The van der Waals surface area contributed by atoms with E-state index in [9.17, 15) is 5.26 Å². The predicted octanol–water partition coefficient (Wildman–Crippen LogP) is 4.16. The lowest BCUT2D eigenvalue weighted by molar-refractivity contribution is -0.00969. The Morgan fingerprint density at radius 3 is 2.62 bits per heavy atom. The van der Waals surface area contributed by atoms with E-state index in [0.29, 0.717) is 17.6 Å². The predicted molar refractivity (Wildman–Crippen MR) is 134 cm³/mol. The van der Waals surface area contributed by atoms with Crippen LogP contribution in [0.25, 0.3) is 16.6 Å². The average molecular weight is 468 g/mol. The van der Waals surface area contributed by atoms with Crippen LogP contribution in [-0.4, -0.2) is 55.9 Å². The molecule has 170 valence electrons. The van der Waals surface area contributed by atoms with Crippen molar-refractivity contribution in [1.82, 2.24) is 24.5 Å². The fourth-order valence-corrected chi connectivity index (χ4v) is 5.60. The third-order valence-corrected chi connectivity index (χ3v) is 7.69. The Hall–Kier alpha value is -3.41. The van der Waals surface area contributed by atoms with Crippen molar-refractivity contribution in [3.8, 4) is 17.2 Å². The Balaban J connectivity index is 1.18. The molecule has 0 spiro atoms. The number of aryl methyl sites for hydroxylation is 1. The van der Waals surface area contributed by atoms with Gasteiger partial charge in [0.25, 0.3) is 0 Å². The molecule has 34 heavy (non-hydrogen) atoms. The first kappa shape index (κ1) is 21.1. The number of nitrogens with zero attached hydrogens (tertiary/aromatic N) is 7. The molecule has 0 radical (unpaired) electrons. The number of piperazine rings is 1. The highest BCUT2D eigenvalue weighted by molar-refractivity contribution is 7.98. The molecule has 0 saturated carbocycles. The van der Waals surface area contributed by atoms with Gasteiger partial charge in [0.05, 0.1) is 23.0 Å². The molecule has 0 aromatic carbocycles. The number of piperidine rings is 1. The van der Waals surface area contributed by atoms with E-state index >= 15 is 0 Å². The molecular formula is C26H25N7S. The van der Waals surface area contributed by atoms with Crippen molar-refractivity contribution in [2.75, 3.05) is 24.2 Å². The number of hydrogen-bond acceptors (Lipinski definition) is 7. The van der Waals surface area contributed by atoms with Crippen LogP contribution in [0.4, 0.5) is 5.82 Å². The van der Waals surface area contributed by atoms with Crippen LogP contribution in [-0.2, 0) is 6.54 Å². The fourth-order valence-electron chi connectivity index (χ4n) is 5.23. The molecule has 3 aliphatic rings. The standard InChI is InChI=1S/C26H25N7S/c1-17-7-24(26-19(9-27)11-30-33(26)13-17)18-3-6-25(29-10-18)31-15-21-8-22(16-31)32(21)14-20-4-5-23(34-2)12-28-20/h3-7,10-13,21-22H,8,14-16H2,1-2H3. The smallest absolute Gasteiger partial charge is 0.128 e. The molecule has 0 amide bonds. The highest BCUT2D eigenvalue weighted by Gasteiger charge is 2.44. The maximum Gasteiger partial charge on any atom is 0.128 e. The molecule has 0 N–H and O–H groups in total. The molecular weight excluding hydrogens is 442 g/mol. The Bertz CT molecular complexity index is 1380. The van der Waals surface area contributed by atoms with Crippen molar-refractivity contribution < 1.29 is 0 Å². The molecule has 3 fully saturated rings. The van der Waals surface area contributed by atoms with Crippen LogP contribution in [0.5, 0.6) is 0 Å².